The molecule has 1 saturated heterocycles. The van der Waals surface area contributed by atoms with Gasteiger partial charge in [0.1, 0.15) is 5.82 Å². The summed E-state index contributed by atoms with van der Waals surface area (Å²) in [4.78, 5) is 16.2. The monoisotopic (exact) mass is 478 g/mol. The van der Waals surface area contributed by atoms with Gasteiger partial charge in [0.2, 0.25) is 5.95 Å². The number of hydrogen-bond donors (Lipinski definition) is 1. The molecule has 0 radical (unpaired) electrons. The molecule has 3 heterocycles. The third kappa shape index (κ3) is 4.94. The van der Waals surface area contributed by atoms with Crippen molar-refractivity contribution in [1.29, 1.82) is 0 Å². The van der Waals surface area contributed by atoms with E-state index in [9.17, 15) is 0 Å². The van der Waals surface area contributed by atoms with Crippen molar-refractivity contribution in [2.24, 2.45) is 10.1 Å². The predicted molar refractivity (Wildman–Crippen MR) is 141 cm³/mol. The Hall–Kier alpha value is -2.55. The standard InChI is InChI=1S/C26H34N6OS/c1-19-8-9-23-22(16-19)25(31-12-10-21(27)18-31)30-26(29-23)32-13-15-34(28-11-5-14-33-2)24-7-4-3-6-20(24)17-32/h3-4,6-9,16,21H,5,10-15,17-18,27H2,1-2H3/t21-,34?/m0/s1. The number of aryl methyl sites for hydroxylation is 1. The zero-order valence-electron chi connectivity index (χ0n) is 20.1. The third-order valence-electron chi connectivity index (χ3n) is 6.52. The Kier molecular flexibility index (Phi) is 7.08. The number of hydrogen-bond acceptors (Lipinski definition) is 7. The summed E-state index contributed by atoms with van der Waals surface area (Å²) in [5.74, 6) is 2.78. The first-order chi connectivity index (χ1) is 16.6. The molecule has 7 nitrogen and oxygen atoms in total. The van der Waals surface area contributed by atoms with E-state index in [2.05, 4.69) is 59.2 Å². The minimum absolute atomic E-state index is 0.132. The van der Waals surface area contributed by atoms with E-state index in [0.29, 0.717) is 0 Å². The maximum atomic E-state index is 6.25. The fraction of sp³-hybridized carbons (Fsp3) is 0.462. The van der Waals surface area contributed by atoms with Crippen LogP contribution < -0.4 is 15.5 Å². The van der Waals surface area contributed by atoms with Crippen LogP contribution in [0.4, 0.5) is 11.8 Å². The summed E-state index contributed by atoms with van der Waals surface area (Å²) in [6.45, 7) is 7.15. The van der Waals surface area contributed by atoms with E-state index >= 15 is 0 Å². The first kappa shape index (κ1) is 23.2. The van der Waals surface area contributed by atoms with Crippen LogP contribution in [0.1, 0.15) is 24.0 Å². The molecule has 180 valence electrons. The first-order valence-corrected chi connectivity index (χ1v) is 13.5. The van der Waals surface area contributed by atoms with Crippen molar-refractivity contribution >= 4 is 33.4 Å². The minimum atomic E-state index is -0.132. The molecule has 34 heavy (non-hydrogen) atoms. The molecule has 1 fully saturated rings. The SMILES string of the molecule is COCCCN=S1CCN(c2nc(N3CC[C@H](N)C3)c3cc(C)ccc3n2)Cc2ccccc21. The number of benzene rings is 2. The summed E-state index contributed by atoms with van der Waals surface area (Å²) in [5, 5.41) is 1.11. The van der Waals surface area contributed by atoms with Gasteiger partial charge in [-0.2, -0.15) is 4.98 Å². The van der Waals surface area contributed by atoms with E-state index in [4.69, 9.17) is 24.8 Å². The van der Waals surface area contributed by atoms with Gasteiger partial charge in [0, 0.05) is 68.5 Å². The van der Waals surface area contributed by atoms with Gasteiger partial charge in [0.25, 0.3) is 0 Å². The second-order valence-corrected chi connectivity index (χ2v) is 11.0. The topological polar surface area (TPSA) is 79.9 Å². The molecule has 1 aromatic heterocycles. The Morgan fingerprint density at radius 2 is 2.03 bits per heavy atom. The molecule has 0 bridgehead atoms. The summed E-state index contributed by atoms with van der Waals surface area (Å²) >= 11 is 0. The van der Waals surface area contributed by atoms with Crippen molar-refractivity contribution in [3.05, 3.63) is 53.6 Å². The predicted octanol–water partition coefficient (Wildman–Crippen LogP) is 3.69. The van der Waals surface area contributed by atoms with Gasteiger partial charge in [-0.25, -0.2) is 4.98 Å². The maximum Gasteiger partial charge on any atom is 0.228 e. The fourth-order valence-electron chi connectivity index (χ4n) is 4.72. The van der Waals surface area contributed by atoms with E-state index < -0.39 is 0 Å². The van der Waals surface area contributed by atoms with Gasteiger partial charge in [0.15, 0.2) is 0 Å². The summed E-state index contributed by atoms with van der Waals surface area (Å²) in [6.07, 6.45) is 1.96. The van der Waals surface area contributed by atoms with E-state index in [1.807, 2.05) is 0 Å². The molecular weight excluding hydrogens is 444 g/mol. The molecule has 2 aliphatic rings. The Labute approximate surface area is 204 Å². The van der Waals surface area contributed by atoms with Gasteiger partial charge in [-0.05, 0) is 43.5 Å². The molecule has 0 spiro atoms. The van der Waals surface area contributed by atoms with Crippen molar-refractivity contribution in [3.8, 4) is 0 Å². The lowest BCUT2D eigenvalue weighted by Crippen LogP contribution is -2.30. The zero-order chi connectivity index (χ0) is 23.5. The molecule has 2 atom stereocenters. The number of nitrogens with two attached hydrogens (primary N) is 1. The lowest BCUT2D eigenvalue weighted by atomic mass is 10.1. The first-order valence-electron chi connectivity index (χ1n) is 12.1. The molecule has 0 aliphatic carbocycles. The molecule has 1 unspecified atom stereocenters. The van der Waals surface area contributed by atoms with Crippen LogP contribution in [0, 0.1) is 6.92 Å². The van der Waals surface area contributed by atoms with E-state index in [1.54, 1.807) is 7.11 Å². The van der Waals surface area contributed by atoms with Crippen molar-refractivity contribution in [1.82, 2.24) is 9.97 Å². The Balaban J connectivity index is 1.51. The van der Waals surface area contributed by atoms with E-state index in [0.717, 1.165) is 80.6 Å². The number of methoxy groups -OCH3 is 1. The molecule has 8 heteroatoms. The highest BCUT2D eigenvalue weighted by Gasteiger charge is 2.25. The van der Waals surface area contributed by atoms with Gasteiger partial charge in [-0.1, -0.05) is 40.5 Å². The lowest BCUT2D eigenvalue weighted by molar-refractivity contribution is 0.197. The second-order valence-electron chi connectivity index (χ2n) is 9.16. The third-order valence-corrected chi connectivity index (χ3v) is 8.49. The molecular formula is C26H34N6OS. The van der Waals surface area contributed by atoms with Crippen LogP contribution in [0.2, 0.25) is 0 Å². The lowest BCUT2D eigenvalue weighted by Gasteiger charge is -2.25. The highest BCUT2D eigenvalue weighted by atomic mass is 32.2. The van der Waals surface area contributed by atoms with Crippen LogP contribution in [0.15, 0.2) is 51.7 Å². The van der Waals surface area contributed by atoms with Crippen molar-refractivity contribution in [2.75, 3.05) is 55.4 Å². The largest absolute Gasteiger partial charge is 0.385 e. The number of rotatable bonds is 6. The van der Waals surface area contributed by atoms with Gasteiger partial charge in [-0.15, -0.1) is 0 Å². The Bertz CT molecular complexity index is 1200. The molecule has 2 N–H and O–H groups in total. The van der Waals surface area contributed by atoms with Crippen LogP contribution in [0.3, 0.4) is 0 Å². The van der Waals surface area contributed by atoms with Gasteiger partial charge in [-0.3, -0.25) is 4.36 Å². The number of ether oxygens (including phenoxy) is 1. The summed E-state index contributed by atoms with van der Waals surface area (Å²) < 4.78 is 10.3. The fourth-order valence-corrected chi connectivity index (χ4v) is 6.62. The molecule has 5 rings (SSSR count). The van der Waals surface area contributed by atoms with Gasteiger partial charge >= 0.3 is 0 Å². The number of nitrogens with zero attached hydrogens (tertiary/aromatic N) is 5. The van der Waals surface area contributed by atoms with Crippen LogP contribution in [0.5, 0.6) is 0 Å². The van der Waals surface area contributed by atoms with Crippen molar-refractivity contribution in [3.63, 3.8) is 0 Å². The average Bonchev–Trinajstić information content (AvgIpc) is 3.19. The van der Waals surface area contributed by atoms with Crippen LogP contribution in [-0.4, -0.2) is 61.7 Å². The Morgan fingerprint density at radius 1 is 1.15 bits per heavy atom. The van der Waals surface area contributed by atoms with Crippen LogP contribution >= 0.6 is 0 Å². The minimum Gasteiger partial charge on any atom is -0.385 e. The smallest absolute Gasteiger partial charge is 0.228 e. The average molecular weight is 479 g/mol. The second kappa shape index (κ2) is 10.4. The molecule has 0 amide bonds. The zero-order valence-corrected chi connectivity index (χ0v) is 20.9. The van der Waals surface area contributed by atoms with E-state index in [-0.39, 0.29) is 16.7 Å². The van der Waals surface area contributed by atoms with Crippen LogP contribution in [-0.2, 0) is 22.0 Å². The summed E-state index contributed by atoms with van der Waals surface area (Å²) in [5.41, 5.74) is 9.78. The van der Waals surface area contributed by atoms with E-state index in [1.165, 1.54) is 16.0 Å². The number of aromatic nitrogens is 2. The maximum absolute atomic E-state index is 6.25. The van der Waals surface area contributed by atoms with Gasteiger partial charge in [0.05, 0.1) is 5.52 Å². The van der Waals surface area contributed by atoms with Gasteiger partial charge < -0.3 is 20.3 Å². The normalized spacial score (nSPS) is 20.7. The molecule has 2 aromatic carbocycles. The molecule has 3 aromatic rings. The highest BCUT2D eigenvalue weighted by Crippen LogP contribution is 2.31. The highest BCUT2D eigenvalue weighted by molar-refractivity contribution is 7.87. The summed E-state index contributed by atoms with van der Waals surface area (Å²) in [7, 11) is 1.61. The number of anilines is 2. The summed E-state index contributed by atoms with van der Waals surface area (Å²) in [6, 6.07) is 15.4. The van der Waals surface area contributed by atoms with Crippen LogP contribution in [0.25, 0.3) is 10.9 Å². The van der Waals surface area contributed by atoms with Crippen molar-refractivity contribution in [2.45, 2.75) is 37.2 Å². The molecule has 0 saturated carbocycles. The quantitative estimate of drug-likeness (QED) is 0.545. The Morgan fingerprint density at radius 3 is 2.85 bits per heavy atom. The molecule has 2 aliphatic heterocycles. The van der Waals surface area contributed by atoms with Crippen molar-refractivity contribution < 1.29 is 4.74 Å². The number of fused-ring (bicyclic) bond motifs is 2.